The molecule has 0 aromatic carbocycles. The van der Waals surface area contributed by atoms with Crippen molar-refractivity contribution in [3.63, 3.8) is 0 Å². The van der Waals surface area contributed by atoms with Gasteiger partial charge in [-0.2, -0.15) is 0 Å². The first-order chi connectivity index (χ1) is 0. The van der Waals surface area contributed by atoms with Crippen molar-refractivity contribution in [3.05, 3.63) is 0 Å². The van der Waals surface area contributed by atoms with E-state index in [2.05, 4.69) is 0 Å². The molecule has 0 bridgehead atoms. The Kier molecular flexibility index (Phi) is 110. The summed E-state index contributed by atoms with van der Waals surface area (Å²) in [6, 6.07) is 0. The van der Waals surface area contributed by atoms with Crippen LogP contribution in [0, 0.1) is 0 Å². The van der Waals surface area contributed by atoms with Gasteiger partial charge in [0.25, 0.3) is 0 Å². The fraction of sp³-hybridized carbons (Fsp3) is 0. The number of hydrogen-bond donors (Lipinski definition) is 0. The van der Waals surface area contributed by atoms with Crippen LogP contribution in [0.3, 0.4) is 0 Å². The molecular weight excluding hydrogens is 445 g/mol. The molecule has 0 aromatic rings. The Morgan fingerprint density at radius 3 is 1.25 bits per heavy atom. The van der Waals surface area contributed by atoms with E-state index in [1.807, 2.05) is 0 Å². The zero-order chi connectivity index (χ0) is 0. The average Bonchev–Trinajstić information content (AvgIpc) is 0. The van der Waals surface area contributed by atoms with E-state index < -0.39 is 0 Å². The molecule has 0 aromatic heterocycles. The van der Waals surface area contributed by atoms with Crippen LogP contribution in [0.1, 0.15) is 2.85 Å². The molecule has 0 radical (unpaired) electrons. The molecule has 4 heteroatoms. The number of rotatable bonds is 0. The third kappa shape index (κ3) is 8.97. The van der Waals surface area contributed by atoms with E-state index in [0.717, 1.165) is 0 Å². The Hall–Kier alpha value is 3.24. The van der Waals surface area contributed by atoms with E-state index in [-0.39, 0.29) is 107 Å². The Morgan fingerprint density at radius 2 is 1.25 bits per heavy atom. The van der Waals surface area contributed by atoms with E-state index >= 15 is 0 Å². The molecule has 0 amide bonds. The van der Waals surface area contributed by atoms with Crippen LogP contribution in [-0.2, 0) is 27.7 Å². The molecule has 0 aliphatic heterocycles. The van der Waals surface area contributed by atoms with Crippen molar-refractivity contribution < 1.29 is 30.5 Å². The summed E-state index contributed by atoms with van der Waals surface area (Å²) in [6.45, 7) is 0. The van der Waals surface area contributed by atoms with Crippen molar-refractivity contribution in [2.45, 2.75) is 0 Å². The molecular formula is H8BaHgSeSi. The van der Waals surface area contributed by atoms with Gasteiger partial charge in [0.15, 0.2) is 0 Å². The maximum Gasteiger partial charge on any atom is -0.0149 e. The molecule has 0 heterocycles. The zero-order valence-electron chi connectivity index (χ0n) is 3.91. The fourth-order valence-electron chi connectivity index (χ4n) is 0. The second kappa shape index (κ2) is 16.3. The van der Waals surface area contributed by atoms with Gasteiger partial charge in [0.2, 0.25) is 0 Å². The second-order valence-electron chi connectivity index (χ2n) is 0. The second-order valence-corrected chi connectivity index (χ2v) is 0. The molecule has 0 saturated carbocycles. The van der Waals surface area contributed by atoms with Crippen molar-refractivity contribution in [2.75, 3.05) is 0 Å². The summed E-state index contributed by atoms with van der Waals surface area (Å²) in [7, 11) is 0. The van der Waals surface area contributed by atoms with Crippen LogP contribution in [0.25, 0.3) is 0 Å². The molecule has 0 rings (SSSR count). The van der Waals surface area contributed by atoms with Crippen molar-refractivity contribution >= 4 is 76.9 Å². The van der Waals surface area contributed by atoms with E-state index in [4.69, 9.17) is 0 Å². The van der Waals surface area contributed by atoms with Crippen LogP contribution in [-0.4, -0.2) is 76.9 Å². The third-order valence-corrected chi connectivity index (χ3v) is 0. The van der Waals surface area contributed by atoms with Crippen molar-refractivity contribution in [1.82, 2.24) is 0 Å². The van der Waals surface area contributed by atoms with Gasteiger partial charge in [-0.3, -0.25) is 0 Å². The molecule has 0 aliphatic rings. The summed E-state index contributed by atoms with van der Waals surface area (Å²) >= 11 is 0. The van der Waals surface area contributed by atoms with Gasteiger partial charge < -0.3 is 2.85 Å². The zero-order valence-corrected chi connectivity index (χ0v) is 14.0. The van der Waals surface area contributed by atoms with Crippen molar-refractivity contribution in [2.24, 2.45) is 0 Å². The van der Waals surface area contributed by atoms with Crippen LogP contribution in [0.15, 0.2) is 0 Å². The first-order valence-corrected chi connectivity index (χ1v) is 0. The Morgan fingerprint density at radius 1 is 1.25 bits per heavy atom. The first kappa shape index (κ1) is 26.8. The molecule has 0 spiro atoms. The van der Waals surface area contributed by atoms with Crippen LogP contribution in [0.5, 0.6) is 0 Å². The molecule has 0 fully saturated rings. The summed E-state index contributed by atoms with van der Waals surface area (Å²) in [5.41, 5.74) is 0. The van der Waals surface area contributed by atoms with Gasteiger partial charge in [-0.05, 0) is 11.0 Å². The standard InChI is InChI=1S/Ba.Hg.H2Se.H4Si.2H/h;;1H2;1H4;;/q+2;;;;2*-1. The molecule has 0 atom stereocenters. The van der Waals surface area contributed by atoms with Crippen LogP contribution >= 0.6 is 0 Å². The van der Waals surface area contributed by atoms with Gasteiger partial charge in [0.1, 0.15) is 0 Å². The largest absolute Gasteiger partial charge is 0.0149 e. The van der Waals surface area contributed by atoms with Gasteiger partial charge in [-0.1, -0.05) is 0 Å². The smallest absolute Gasteiger partial charge is 0.0149 e. The van der Waals surface area contributed by atoms with Gasteiger partial charge in [-0.15, -0.1) is 0 Å². The summed E-state index contributed by atoms with van der Waals surface area (Å²) in [6.07, 6.45) is 0. The van der Waals surface area contributed by atoms with Gasteiger partial charge in [0.05, 0.1) is 0 Å². The fourth-order valence-corrected chi connectivity index (χ4v) is 0. The monoisotopic (exact) mass is 456 g/mol. The van der Waals surface area contributed by atoms with Crippen LogP contribution in [0.2, 0.25) is 0 Å². The first-order valence-electron chi connectivity index (χ1n) is 0. The third-order valence-electron chi connectivity index (χ3n) is 0. The summed E-state index contributed by atoms with van der Waals surface area (Å²) in [4.78, 5) is 0. The summed E-state index contributed by atoms with van der Waals surface area (Å²) in [5, 5.41) is 0. The van der Waals surface area contributed by atoms with E-state index in [0.29, 0.717) is 0 Å². The van der Waals surface area contributed by atoms with E-state index in [9.17, 15) is 0 Å². The van der Waals surface area contributed by atoms with E-state index in [1.165, 1.54) is 0 Å². The van der Waals surface area contributed by atoms with Crippen LogP contribution in [0.4, 0.5) is 0 Å². The number of hydrogen-bond acceptors (Lipinski definition) is 0. The topological polar surface area (TPSA) is 0 Å². The molecule has 0 aliphatic carbocycles. The van der Waals surface area contributed by atoms with Gasteiger partial charge >= 0.3 is 65.9 Å². The molecule has 0 saturated heterocycles. The minimum atomic E-state index is 0. The van der Waals surface area contributed by atoms with Gasteiger partial charge in [0, 0.05) is 27.7 Å². The molecule has 0 N–H and O–H groups in total. The normalized spacial score (nSPS) is 0. The summed E-state index contributed by atoms with van der Waals surface area (Å²) in [5.74, 6) is 0. The van der Waals surface area contributed by atoms with E-state index in [1.54, 1.807) is 0 Å². The maximum atomic E-state index is 0. The molecule has 0 unspecified atom stereocenters. The Bertz CT molecular complexity index is 13.5. The molecule has 22 valence electrons. The molecule has 4 heavy (non-hydrogen) atoms. The minimum Gasteiger partial charge on any atom is -0.0149 e. The predicted octanol–water partition coefficient (Wildman–Crippen LogP) is -2.53. The van der Waals surface area contributed by atoms with Gasteiger partial charge in [-0.25, -0.2) is 0 Å². The maximum absolute atomic E-state index is 0. The Labute approximate surface area is 105 Å². The average molecular weight is 453 g/mol. The van der Waals surface area contributed by atoms with Crippen molar-refractivity contribution in [1.29, 1.82) is 0 Å². The Balaban J connectivity index is 0. The predicted molar refractivity (Wildman–Crippen MR) is 27.9 cm³/mol. The minimum absolute atomic E-state index is 0. The molecule has 0 nitrogen and oxygen atoms in total. The summed E-state index contributed by atoms with van der Waals surface area (Å²) < 4.78 is 0. The van der Waals surface area contributed by atoms with Crippen molar-refractivity contribution in [3.8, 4) is 0 Å². The quantitative estimate of drug-likeness (QED) is 0.356. The van der Waals surface area contributed by atoms with Crippen LogP contribution < -0.4 is 0 Å². The SMILES string of the molecule is [Ba+2].[H-].[H-].[Hg].[SeH2].[SiH4].